The van der Waals surface area contributed by atoms with Gasteiger partial charge in [-0.25, -0.2) is 9.18 Å². The summed E-state index contributed by atoms with van der Waals surface area (Å²) in [6.07, 6.45) is -0.339. The van der Waals surface area contributed by atoms with Gasteiger partial charge in [0.15, 0.2) is 0 Å². The first-order valence-corrected chi connectivity index (χ1v) is 7.96. The zero-order chi connectivity index (χ0) is 19.0. The molecule has 0 fully saturated rings. The van der Waals surface area contributed by atoms with E-state index >= 15 is 0 Å². The second-order valence-corrected chi connectivity index (χ2v) is 6.60. The molecule has 1 aromatic carbocycles. The highest BCUT2D eigenvalue weighted by Gasteiger charge is 2.25. The van der Waals surface area contributed by atoms with Crippen molar-refractivity contribution in [2.75, 3.05) is 13.2 Å². The summed E-state index contributed by atoms with van der Waals surface area (Å²) in [4.78, 5) is 11.9. The minimum atomic E-state index is -1.23. The smallest absolute Gasteiger partial charge is 0.407 e. The number of aliphatic hydroxyl groups is 2. The first kappa shape index (κ1) is 20.9. The van der Waals surface area contributed by atoms with Gasteiger partial charge in [-0.1, -0.05) is 12.7 Å². The number of hydrogen-bond acceptors (Lipinski definition) is 5. The number of nitrogens with one attached hydrogen (secondary N) is 1. The van der Waals surface area contributed by atoms with Gasteiger partial charge in [0, 0.05) is 6.07 Å². The lowest BCUT2D eigenvalue weighted by molar-refractivity contribution is 0.0320. The van der Waals surface area contributed by atoms with E-state index in [2.05, 4.69) is 11.9 Å². The zero-order valence-electron chi connectivity index (χ0n) is 14.8. The molecule has 2 atom stereocenters. The minimum absolute atomic E-state index is 0.0865. The Kier molecular flexibility index (Phi) is 7.86. The van der Waals surface area contributed by atoms with Gasteiger partial charge in [0.05, 0.1) is 18.8 Å². The molecule has 140 valence electrons. The van der Waals surface area contributed by atoms with Crippen molar-refractivity contribution in [1.82, 2.24) is 5.32 Å². The summed E-state index contributed by atoms with van der Waals surface area (Å²) >= 11 is 0. The molecule has 0 aromatic heterocycles. The Labute approximate surface area is 147 Å². The van der Waals surface area contributed by atoms with Crippen LogP contribution in [0.15, 0.2) is 30.9 Å². The molecule has 1 rings (SSSR count). The summed E-state index contributed by atoms with van der Waals surface area (Å²) in [5.74, 6) is -0.199. The van der Waals surface area contributed by atoms with E-state index in [4.69, 9.17) is 9.47 Å². The average molecular weight is 355 g/mol. The van der Waals surface area contributed by atoms with Gasteiger partial charge in [0.1, 0.15) is 23.8 Å². The Morgan fingerprint density at radius 3 is 2.64 bits per heavy atom. The number of ether oxygens (including phenoxy) is 2. The lowest BCUT2D eigenvalue weighted by atomic mass is 10.0. The van der Waals surface area contributed by atoms with Crippen LogP contribution >= 0.6 is 0 Å². The first-order chi connectivity index (χ1) is 11.6. The monoisotopic (exact) mass is 355 g/mol. The molecule has 0 bridgehead atoms. The topological polar surface area (TPSA) is 88.0 Å². The third kappa shape index (κ3) is 8.00. The van der Waals surface area contributed by atoms with Gasteiger partial charge in [-0.05, 0) is 44.9 Å². The van der Waals surface area contributed by atoms with E-state index in [1.165, 1.54) is 18.2 Å². The number of hydrogen-bond donors (Lipinski definition) is 3. The molecule has 6 nitrogen and oxygen atoms in total. The van der Waals surface area contributed by atoms with Crippen molar-refractivity contribution in [3.8, 4) is 5.75 Å². The summed E-state index contributed by atoms with van der Waals surface area (Å²) in [6, 6.07) is 3.25. The number of alkyl carbamates (subject to hydrolysis) is 1. The van der Waals surface area contributed by atoms with Crippen molar-refractivity contribution in [2.45, 2.75) is 44.9 Å². The predicted octanol–water partition coefficient (Wildman–Crippen LogP) is 2.18. The van der Waals surface area contributed by atoms with Crippen LogP contribution in [0.2, 0.25) is 0 Å². The van der Waals surface area contributed by atoms with Gasteiger partial charge >= 0.3 is 6.09 Å². The molecule has 0 saturated carbocycles. The first-order valence-electron chi connectivity index (χ1n) is 7.96. The van der Waals surface area contributed by atoms with Gasteiger partial charge < -0.3 is 25.0 Å². The van der Waals surface area contributed by atoms with Crippen LogP contribution in [0.4, 0.5) is 9.18 Å². The van der Waals surface area contributed by atoms with Crippen LogP contribution in [0.25, 0.3) is 0 Å². The Balaban J connectivity index is 2.89. The maximum absolute atomic E-state index is 13.7. The lowest BCUT2D eigenvalue weighted by Crippen LogP contribution is -2.48. The fraction of sp³-hybridized carbons (Fsp3) is 0.500. The Hall–Kier alpha value is -2.12. The van der Waals surface area contributed by atoms with Crippen LogP contribution in [0.3, 0.4) is 0 Å². The van der Waals surface area contributed by atoms with Crippen molar-refractivity contribution in [3.63, 3.8) is 0 Å². The summed E-state index contributed by atoms with van der Waals surface area (Å²) in [6.45, 7) is 8.31. The molecule has 7 heteroatoms. The number of rotatable bonds is 8. The van der Waals surface area contributed by atoms with Crippen molar-refractivity contribution < 1.29 is 28.9 Å². The highest BCUT2D eigenvalue weighted by molar-refractivity contribution is 5.68. The summed E-state index contributed by atoms with van der Waals surface area (Å²) in [5.41, 5.74) is -0.212. The van der Waals surface area contributed by atoms with Crippen LogP contribution in [0.1, 0.15) is 26.3 Å². The van der Waals surface area contributed by atoms with Crippen LogP contribution in [0, 0.1) is 5.82 Å². The van der Waals surface area contributed by atoms with Crippen LogP contribution in [0.5, 0.6) is 5.75 Å². The maximum Gasteiger partial charge on any atom is 0.407 e. The molecule has 0 aliphatic carbocycles. The van der Waals surface area contributed by atoms with E-state index in [9.17, 15) is 19.4 Å². The molecule has 1 aromatic rings. The van der Waals surface area contributed by atoms with Gasteiger partial charge in [0.2, 0.25) is 0 Å². The van der Waals surface area contributed by atoms with E-state index in [-0.39, 0.29) is 13.0 Å². The van der Waals surface area contributed by atoms with Gasteiger partial charge in [0.25, 0.3) is 0 Å². The third-order valence-electron chi connectivity index (χ3n) is 3.11. The molecule has 0 saturated heterocycles. The molecule has 0 spiro atoms. The quantitative estimate of drug-likeness (QED) is 0.622. The van der Waals surface area contributed by atoms with Gasteiger partial charge in [-0.2, -0.15) is 0 Å². The second kappa shape index (κ2) is 9.39. The maximum atomic E-state index is 13.7. The van der Waals surface area contributed by atoms with Crippen molar-refractivity contribution in [2.24, 2.45) is 0 Å². The van der Waals surface area contributed by atoms with Crippen LogP contribution in [-0.2, 0) is 11.2 Å². The number of halogens is 1. The lowest BCUT2D eigenvalue weighted by Gasteiger charge is -2.26. The molecule has 0 heterocycles. The summed E-state index contributed by atoms with van der Waals surface area (Å²) < 4.78 is 24.2. The molecule has 0 radical (unpaired) electrons. The number of benzene rings is 1. The fourth-order valence-corrected chi connectivity index (χ4v) is 2.10. The molecule has 0 aliphatic heterocycles. The normalized spacial score (nSPS) is 13.7. The van der Waals surface area contributed by atoms with E-state index in [0.717, 1.165) is 0 Å². The molecule has 3 N–H and O–H groups in total. The second-order valence-electron chi connectivity index (χ2n) is 6.60. The third-order valence-corrected chi connectivity index (χ3v) is 3.11. The summed E-state index contributed by atoms with van der Waals surface area (Å²) in [5, 5.41) is 21.7. The number of carbonyl (C=O) groups excluding carboxylic acids is 1. The Morgan fingerprint density at radius 2 is 2.08 bits per heavy atom. The molecular weight excluding hydrogens is 329 g/mol. The van der Waals surface area contributed by atoms with Crippen LogP contribution < -0.4 is 10.1 Å². The predicted molar refractivity (Wildman–Crippen MR) is 92.0 cm³/mol. The van der Waals surface area contributed by atoms with Gasteiger partial charge in [-0.15, -0.1) is 0 Å². The highest BCUT2D eigenvalue weighted by atomic mass is 19.1. The van der Waals surface area contributed by atoms with E-state index < -0.39 is 36.3 Å². The molecule has 1 amide bonds. The fourth-order valence-electron chi connectivity index (χ4n) is 2.10. The minimum Gasteiger partial charge on any atom is -0.489 e. The Morgan fingerprint density at radius 1 is 1.40 bits per heavy atom. The van der Waals surface area contributed by atoms with Crippen molar-refractivity contribution >= 4 is 6.09 Å². The zero-order valence-corrected chi connectivity index (χ0v) is 14.8. The molecule has 0 unspecified atom stereocenters. The van der Waals surface area contributed by atoms with E-state index in [0.29, 0.717) is 11.3 Å². The average Bonchev–Trinajstić information content (AvgIpc) is 2.49. The van der Waals surface area contributed by atoms with Crippen molar-refractivity contribution in [3.05, 3.63) is 42.2 Å². The van der Waals surface area contributed by atoms with Gasteiger partial charge in [-0.3, -0.25) is 0 Å². The largest absolute Gasteiger partial charge is 0.489 e. The standard InChI is InChI=1S/C18H26FNO5/c1-5-6-24-14-8-12(7-13(19)10-14)9-15(16(22)11-21)20-17(23)25-18(2,3)4/h5,7-8,10,15-16,21-22H,1,6,9,11H2,2-4H3,(H,20,23)/t15-,16+/m0/s1. The van der Waals surface area contributed by atoms with E-state index in [1.54, 1.807) is 26.8 Å². The Bertz CT molecular complexity index is 585. The molecule has 0 aliphatic rings. The number of aliphatic hydroxyl groups excluding tert-OH is 2. The molecular formula is C18H26FNO5. The number of carbonyl (C=O) groups is 1. The van der Waals surface area contributed by atoms with Crippen molar-refractivity contribution in [1.29, 1.82) is 0 Å². The van der Waals surface area contributed by atoms with Crippen LogP contribution in [-0.4, -0.2) is 47.3 Å². The molecule has 25 heavy (non-hydrogen) atoms. The number of amides is 1. The highest BCUT2D eigenvalue weighted by Crippen LogP contribution is 2.19. The SMILES string of the molecule is C=CCOc1cc(F)cc(C[C@H](NC(=O)OC(C)(C)C)[C@H](O)CO)c1. The van der Waals surface area contributed by atoms with E-state index in [1.807, 2.05) is 0 Å². The summed E-state index contributed by atoms with van der Waals surface area (Å²) in [7, 11) is 0.